The highest BCUT2D eigenvalue weighted by molar-refractivity contribution is 7.18. The Morgan fingerprint density at radius 3 is 2.85 bits per heavy atom. The van der Waals surface area contributed by atoms with E-state index >= 15 is 0 Å². The Balaban J connectivity index is 2.01. The van der Waals surface area contributed by atoms with Gasteiger partial charge in [-0.15, -0.1) is 11.3 Å². The molecule has 0 atom stereocenters. The Hall–Kier alpha value is -1.36. The molecule has 1 aliphatic rings. The lowest BCUT2D eigenvalue weighted by molar-refractivity contribution is 0.400. The Morgan fingerprint density at radius 2 is 2.20 bits per heavy atom. The minimum atomic E-state index is 0.646. The van der Waals surface area contributed by atoms with E-state index in [0.717, 1.165) is 29.6 Å². The van der Waals surface area contributed by atoms with E-state index in [0.29, 0.717) is 6.04 Å². The number of hydrogen-bond donors (Lipinski definition) is 1. The van der Waals surface area contributed by atoms with Crippen LogP contribution in [0.3, 0.4) is 0 Å². The number of aryl methyl sites for hydroxylation is 1. The molecule has 0 radical (unpaired) electrons. The average molecular weight is 290 g/mol. The van der Waals surface area contributed by atoms with Crippen LogP contribution >= 0.6 is 11.3 Å². The maximum Gasteiger partial charge on any atom is 0.226 e. The van der Waals surface area contributed by atoms with Gasteiger partial charge >= 0.3 is 0 Å². The highest BCUT2D eigenvalue weighted by Gasteiger charge is 2.25. The first kappa shape index (κ1) is 13.6. The van der Waals surface area contributed by atoms with E-state index in [1.807, 2.05) is 0 Å². The number of hydrogen-bond acceptors (Lipinski definition) is 5. The first-order valence-corrected chi connectivity index (χ1v) is 8.25. The molecule has 1 aliphatic carbocycles. The summed E-state index contributed by atoms with van der Waals surface area (Å²) in [7, 11) is 2.17. The van der Waals surface area contributed by atoms with Gasteiger partial charge in [0, 0.05) is 24.5 Å². The molecule has 2 aromatic rings. The van der Waals surface area contributed by atoms with Crippen molar-refractivity contribution in [2.45, 2.75) is 45.6 Å². The lowest BCUT2D eigenvalue weighted by Crippen LogP contribution is -2.37. The molecule has 2 aromatic heterocycles. The average Bonchev–Trinajstić information content (AvgIpc) is 2.73. The molecule has 0 aromatic carbocycles. The SMILES string of the molecule is CCCNc1nc(N(C)C2CCC2)c2cc(C)sc2n1. The van der Waals surface area contributed by atoms with Crippen LogP contribution < -0.4 is 10.2 Å². The van der Waals surface area contributed by atoms with Gasteiger partial charge in [0.2, 0.25) is 5.95 Å². The second kappa shape index (κ2) is 5.56. The molecule has 5 heteroatoms. The van der Waals surface area contributed by atoms with Crippen molar-refractivity contribution in [1.82, 2.24) is 9.97 Å². The second-order valence-electron chi connectivity index (χ2n) is 5.57. The molecule has 3 rings (SSSR count). The summed E-state index contributed by atoms with van der Waals surface area (Å²) >= 11 is 1.75. The standard InChI is InChI=1S/C15H22N4S/c1-4-8-16-15-17-13(19(3)11-6-5-7-11)12-9-10(2)20-14(12)18-15/h9,11H,4-8H2,1-3H3,(H,16,17,18). The molecule has 1 fully saturated rings. The van der Waals surface area contributed by atoms with Gasteiger partial charge < -0.3 is 10.2 Å². The van der Waals surface area contributed by atoms with Crippen LogP contribution in [-0.4, -0.2) is 29.6 Å². The zero-order valence-corrected chi connectivity index (χ0v) is 13.3. The van der Waals surface area contributed by atoms with Gasteiger partial charge in [0.25, 0.3) is 0 Å². The van der Waals surface area contributed by atoms with E-state index in [-0.39, 0.29) is 0 Å². The minimum Gasteiger partial charge on any atom is -0.356 e. The predicted molar refractivity (Wildman–Crippen MR) is 87.0 cm³/mol. The third kappa shape index (κ3) is 2.46. The van der Waals surface area contributed by atoms with Gasteiger partial charge in [-0.2, -0.15) is 4.98 Å². The molecule has 1 N–H and O–H groups in total. The van der Waals surface area contributed by atoms with Crippen molar-refractivity contribution < 1.29 is 0 Å². The third-order valence-corrected chi connectivity index (χ3v) is 4.93. The smallest absolute Gasteiger partial charge is 0.226 e. The zero-order valence-electron chi connectivity index (χ0n) is 12.4. The largest absolute Gasteiger partial charge is 0.356 e. The number of aromatic nitrogens is 2. The summed E-state index contributed by atoms with van der Waals surface area (Å²) in [5.41, 5.74) is 0. The van der Waals surface area contributed by atoms with Crippen LogP contribution in [0.2, 0.25) is 0 Å². The zero-order chi connectivity index (χ0) is 14.1. The normalized spacial score (nSPS) is 15.3. The lowest BCUT2D eigenvalue weighted by Gasteiger charge is -2.35. The highest BCUT2D eigenvalue weighted by atomic mass is 32.1. The van der Waals surface area contributed by atoms with Crippen molar-refractivity contribution in [2.75, 3.05) is 23.8 Å². The topological polar surface area (TPSA) is 41.1 Å². The molecule has 4 nitrogen and oxygen atoms in total. The molecule has 0 spiro atoms. The number of anilines is 2. The van der Waals surface area contributed by atoms with Gasteiger partial charge in [0.05, 0.1) is 5.39 Å². The molecule has 0 amide bonds. The van der Waals surface area contributed by atoms with Gasteiger partial charge in [-0.05, 0) is 38.7 Å². The highest BCUT2D eigenvalue weighted by Crippen LogP contribution is 2.35. The fourth-order valence-corrected chi connectivity index (χ4v) is 3.43. The van der Waals surface area contributed by atoms with Gasteiger partial charge in [-0.25, -0.2) is 4.98 Å². The van der Waals surface area contributed by atoms with E-state index in [1.165, 1.54) is 29.5 Å². The third-order valence-electron chi connectivity index (χ3n) is 3.99. The summed E-state index contributed by atoms with van der Waals surface area (Å²) in [5.74, 6) is 1.85. The fraction of sp³-hybridized carbons (Fsp3) is 0.600. The predicted octanol–water partition coefficient (Wildman–Crippen LogP) is 3.81. The van der Waals surface area contributed by atoms with Crippen molar-refractivity contribution in [1.29, 1.82) is 0 Å². The maximum absolute atomic E-state index is 4.76. The monoisotopic (exact) mass is 290 g/mol. The van der Waals surface area contributed by atoms with E-state index in [2.05, 4.69) is 42.2 Å². The molecular formula is C15H22N4S. The van der Waals surface area contributed by atoms with Crippen molar-refractivity contribution in [3.8, 4) is 0 Å². The van der Waals surface area contributed by atoms with Crippen molar-refractivity contribution in [3.63, 3.8) is 0 Å². The van der Waals surface area contributed by atoms with Crippen LogP contribution in [0.5, 0.6) is 0 Å². The Bertz CT molecular complexity index is 603. The lowest BCUT2D eigenvalue weighted by atomic mass is 9.92. The molecule has 0 saturated heterocycles. The van der Waals surface area contributed by atoms with Crippen LogP contribution in [0.25, 0.3) is 10.2 Å². The molecule has 1 saturated carbocycles. The van der Waals surface area contributed by atoms with Gasteiger partial charge in [0.15, 0.2) is 0 Å². The molecule has 20 heavy (non-hydrogen) atoms. The van der Waals surface area contributed by atoms with E-state index in [9.17, 15) is 0 Å². The molecular weight excluding hydrogens is 268 g/mol. The van der Waals surface area contributed by atoms with Crippen molar-refractivity contribution in [3.05, 3.63) is 10.9 Å². The Morgan fingerprint density at radius 1 is 1.40 bits per heavy atom. The minimum absolute atomic E-state index is 0.646. The second-order valence-corrected chi connectivity index (χ2v) is 6.80. The van der Waals surface area contributed by atoms with E-state index < -0.39 is 0 Å². The van der Waals surface area contributed by atoms with Crippen molar-refractivity contribution >= 4 is 33.3 Å². The van der Waals surface area contributed by atoms with Crippen LogP contribution in [0.15, 0.2) is 6.07 Å². The maximum atomic E-state index is 4.76. The molecule has 108 valence electrons. The summed E-state index contributed by atoms with van der Waals surface area (Å²) in [5, 5.41) is 4.52. The van der Waals surface area contributed by atoms with Gasteiger partial charge in [-0.1, -0.05) is 6.92 Å². The van der Waals surface area contributed by atoms with Gasteiger partial charge in [-0.3, -0.25) is 0 Å². The number of nitrogens with zero attached hydrogens (tertiary/aromatic N) is 3. The summed E-state index contributed by atoms with van der Waals surface area (Å²) in [6, 6.07) is 2.86. The van der Waals surface area contributed by atoms with Crippen LogP contribution in [0.1, 0.15) is 37.5 Å². The van der Waals surface area contributed by atoms with E-state index in [1.54, 1.807) is 11.3 Å². The van der Waals surface area contributed by atoms with Gasteiger partial charge in [0.1, 0.15) is 10.6 Å². The Kier molecular flexibility index (Phi) is 3.78. The number of thiophene rings is 1. The van der Waals surface area contributed by atoms with Crippen molar-refractivity contribution in [2.24, 2.45) is 0 Å². The quantitative estimate of drug-likeness (QED) is 0.909. The molecule has 0 bridgehead atoms. The number of rotatable bonds is 5. The van der Waals surface area contributed by atoms with Crippen LogP contribution in [0.4, 0.5) is 11.8 Å². The van der Waals surface area contributed by atoms with Crippen LogP contribution in [0, 0.1) is 6.92 Å². The molecule has 2 heterocycles. The summed E-state index contributed by atoms with van der Waals surface area (Å²) in [4.78, 5) is 14.1. The summed E-state index contributed by atoms with van der Waals surface area (Å²) < 4.78 is 0. The summed E-state index contributed by atoms with van der Waals surface area (Å²) in [6.07, 6.45) is 4.98. The first-order chi connectivity index (χ1) is 9.69. The van der Waals surface area contributed by atoms with Crippen LogP contribution in [-0.2, 0) is 0 Å². The van der Waals surface area contributed by atoms with E-state index in [4.69, 9.17) is 4.98 Å². The first-order valence-electron chi connectivity index (χ1n) is 7.44. The number of fused-ring (bicyclic) bond motifs is 1. The summed E-state index contributed by atoms with van der Waals surface area (Å²) in [6.45, 7) is 5.21. The fourth-order valence-electron chi connectivity index (χ4n) is 2.56. The Labute approximate surface area is 124 Å². The molecule has 0 aliphatic heterocycles. The number of nitrogens with one attached hydrogen (secondary N) is 1. The molecule has 0 unspecified atom stereocenters.